The van der Waals surface area contributed by atoms with Crippen LogP contribution in [0.2, 0.25) is 0 Å². The van der Waals surface area contributed by atoms with Crippen molar-refractivity contribution >= 4 is 0 Å². The summed E-state index contributed by atoms with van der Waals surface area (Å²) in [5.74, 6) is 0. The first-order valence-electron chi connectivity index (χ1n) is 4.53. The highest BCUT2D eigenvalue weighted by Gasteiger charge is 1.82. The van der Waals surface area contributed by atoms with Gasteiger partial charge in [-0.2, -0.15) is 0 Å². The van der Waals surface area contributed by atoms with Crippen LogP contribution >= 0.6 is 0 Å². The lowest BCUT2D eigenvalue weighted by molar-refractivity contribution is 0.203. The Labute approximate surface area is 85.7 Å². The van der Waals surface area contributed by atoms with Crippen molar-refractivity contribution in [3.63, 3.8) is 0 Å². The van der Waals surface area contributed by atoms with Crippen LogP contribution < -0.4 is 17.2 Å². The van der Waals surface area contributed by atoms with Crippen molar-refractivity contribution in [1.82, 2.24) is 0 Å². The predicted molar refractivity (Wildman–Crippen MR) is 57.6 cm³/mol. The average Bonchev–Trinajstić information content (AvgIpc) is 2.19. The Morgan fingerprint density at radius 3 is 1.07 bits per heavy atom. The summed E-state index contributed by atoms with van der Waals surface area (Å²) in [6.45, 7) is 4.50. The molecule has 0 aromatic heterocycles. The molecule has 0 radical (unpaired) electrons. The van der Waals surface area contributed by atoms with E-state index in [-0.39, 0.29) is 18.8 Å². The van der Waals surface area contributed by atoms with E-state index in [1.54, 1.807) is 13.8 Å². The van der Waals surface area contributed by atoms with Crippen LogP contribution in [-0.2, 0) is 0 Å². The molecule has 0 bridgehead atoms. The van der Waals surface area contributed by atoms with Crippen LogP contribution in [0.3, 0.4) is 0 Å². The van der Waals surface area contributed by atoms with Gasteiger partial charge in [0, 0.05) is 19.6 Å². The van der Waals surface area contributed by atoms with Crippen molar-refractivity contribution in [3.8, 4) is 0 Å². The Hall–Kier alpha value is -0.240. The molecule has 6 nitrogen and oxygen atoms in total. The molecule has 0 rings (SSSR count). The fourth-order valence-corrected chi connectivity index (χ4v) is 0. The van der Waals surface area contributed by atoms with Crippen LogP contribution in [0, 0.1) is 0 Å². The van der Waals surface area contributed by atoms with Crippen molar-refractivity contribution in [2.24, 2.45) is 17.2 Å². The number of hydrogen-bond acceptors (Lipinski definition) is 6. The predicted octanol–water partition coefficient (Wildman–Crippen LogP) is -2.41. The van der Waals surface area contributed by atoms with E-state index < -0.39 is 0 Å². The molecule has 0 aliphatic carbocycles. The summed E-state index contributed by atoms with van der Waals surface area (Å²) >= 11 is 0. The van der Waals surface area contributed by atoms with E-state index in [2.05, 4.69) is 0 Å². The van der Waals surface area contributed by atoms with Crippen LogP contribution in [-0.4, -0.2) is 53.8 Å². The van der Waals surface area contributed by atoms with E-state index in [0.29, 0.717) is 19.6 Å². The minimum Gasteiger partial charge on any atom is -0.395 e. The van der Waals surface area contributed by atoms with E-state index in [1.807, 2.05) is 0 Å². The maximum atomic E-state index is 8.24. The molecule has 0 aliphatic rings. The van der Waals surface area contributed by atoms with Gasteiger partial charge in [-0.25, -0.2) is 0 Å². The number of aliphatic hydroxyl groups excluding tert-OH is 3. The van der Waals surface area contributed by atoms with Gasteiger partial charge in [-0.05, 0) is 13.8 Å². The van der Waals surface area contributed by atoms with Gasteiger partial charge in [-0.3, -0.25) is 0 Å². The fraction of sp³-hybridized carbons (Fsp3) is 1.00. The van der Waals surface area contributed by atoms with Crippen LogP contribution in [0.1, 0.15) is 13.8 Å². The number of nitrogens with two attached hydrogens (primary N) is 3. The molecule has 0 amide bonds. The summed E-state index contributed by atoms with van der Waals surface area (Å²) in [7, 11) is 0. The van der Waals surface area contributed by atoms with Crippen LogP contribution in [0.5, 0.6) is 0 Å². The van der Waals surface area contributed by atoms with E-state index in [4.69, 9.17) is 32.5 Å². The quantitative estimate of drug-likeness (QED) is 0.307. The fourth-order valence-electron chi connectivity index (χ4n) is 0. The van der Waals surface area contributed by atoms with E-state index in [9.17, 15) is 0 Å². The van der Waals surface area contributed by atoms with Gasteiger partial charge < -0.3 is 32.5 Å². The van der Waals surface area contributed by atoms with Crippen molar-refractivity contribution in [2.75, 3.05) is 26.2 Å². The van der Waals surface area contributed by atoms with Crippen LogP contribution in [0.15, 0.2) is 0 Å². The molecule has 9 N–H and O–H groups in total. The van der Waals surface area contributed by atoms with Gasteiger partial charge in [0.15, 0.2) is 0 Å². The molecule has 2 atom stereocenters. The second-order valence-electron chi connectivity index (χ2n) is 2.68. The second kappa shape index (κ2) is 18.5. The summed E-state index contributed by atoms with van der Waals surface area (Å²) in [4.78, 5) is 0. The molecule has 0 spiro atoms. The van der Waals surface area contributed by atoms with Crippen molar-refractivity contribution < 1.29 is 15.3 Å². The lowest BCUT2D eigenvalue weighted by Gasteiger charge is -1.91. The molecular formula is C8H25N3O3. The molecule has 0 heterocycles. The van der Waals surface area contributed by atoms with Gasteiger partial charge in [0.05, 0.1) is 18.8 Å². The van der Waals surface area contributed by atoms with Gasteiger partial charge in [-0.1, -0.05) is 0 Å². The molecule has 90 valence electrons. The average molecular weight is 211 g/mol. The van der Waals surface area contributed by atoms with E-state index in [0.717, 1.165) is 0 Å². The zero-order valence-electron chi connectivity index (χ0n) is 9.06. The molecule has 0 fully saturated rings. The molecule has 0 saturated carbocycles. The number of rotatable bonds is 3. The highest BCUT2D eigenvalue weighted by Crippen LogP contribution is 1.66. The Morgan fingerprint density at radius 1 is 0.929 bits per heavy atom. The molecule has 0 aliphatic heterocycles. The molecular weight excluding hydrogens is 186 g/mol. The van der Waals surface area contributed by atoms with Gasteiger partial charge in [-0.15, -0.1) is 0 Å². The summed E-state index contributed by atoms with van der Waals surface area (Å²) in [6, 6.07) is 0. The third-order valence-corrected chi connectivity index (χ3v) is 0.811. The molecule has 2 unspecified atom stereocenters. The van der Waals surface area contributed by atoms with Crippen molar-refractivity contribution in [2.45, 2.75) is 26.1 Å². The minimum absolute atomic E-state index is 0.0972. The van der Waals surface area contributed by atoms with E-state index >= 15 is 0 Å². The first kappa shape index (κ1) is 19.4. The van der Waals surface area contributed by atoms with Crippen molar-refractivity contribution in [1.29, 1.82) is 0 Å². The SMILES string of the molecule is CC(O)CN.CC(O)CN.NCCO. The van der Waals surface area contributed by atoms with Crippen molar-refractivity contribution in [3.05, 3.63) is 0 Å². The summed E-state index contributed by atoms with van der Waals surface area (Å²) in [6.07, 6.45) is -0.676. The number of aliphatic hydroxyl groups is 3. The summed E-state index contributed by atoms with van der Waals surface area (Å²) in [5.41, 5.74) is 14.6. The first-order chi connectivity index (χ1) is 6.45. The zero-order valence-corrected chi connectivity index (χ0v) is 9.06. The smallest absolute Gasteiger partial charge is 0.0634 e. The Balaban J connectivity index is -0.000000131. The van der Waals surface area contributed by atoms with E-state index in [1.165, 1.54) is 0 Å². The van der Waals surface area contributed by atoms with Gasteiger partial charge in [0.2, 0.25) is 0 Å². The number of hydrogen-bond donors (Lipinski definition) is 6. The summed E-state index contributed by atoms with van der Waals surface area (Å²) in [5, 5.41) is 24.2. The Morgan fingerprint density at radius 2 is 1.07 bits per heavy atom. The first-order valence-corrected chi connectivity index (χ1v) is 4.53. The third-order valence-electron chi connectivity index (χ3n) is 0.811. The van der Waals surface area contributed by atoms with Crippen LogP contribution in [0.25, 0.3) is 0 Å². The normalized spacial score (nSPS) is 12.9. The topological polar surface area (TPSA) is 139 Å². The highest BCUT2D eigenvalue weighted by atomic mass is 16.3. The molecule has 0 aromatic carbocycles. The molecule has 0 aromatic rings. The van der Waals surface area contributed by atoms with Gasteiger partial charge >= 0.3 is 0 Å². The Kier molecular flexibility index (Phi) is 25.6. The highest BCUT2D eigenvalue weighted by molar-refractivity contribution is 4.40. The largest absolute Gasteiger partial charge is 0.395 e. The lowest BCUT2D eigenvalue weighted by Crippen LogP contribution is -2.14. The van der Waals surface area contributed by atoms with Gasteiger partial charge in [0.25, 0.3) is 0 Å². The lowest BCUT2D eigenvalue weighted by atomic mass is 10.4. The monoisotopic (exact) mass is 211 g/mol. The summed E-state index contributed by atoms with van der Waals surface area (Å²) < 4.78 is 0. The minimum atomic E-state index is -0.338. The molecule has 14 heavy (non-hydrogen) atoms. The van der Waals surface area contributed by atoms with Gasteiger partial charge in [0.1, 0.15) is 0 Å². The molecule has 0 saturated heterocycles. The standard InChI is InChI=1S/2C3H9NO.C2H7NO/c2*1-3(5)2-4;3-1-2-4/h2*3,5H,2,4H2,1H3;4H,1-3H2. The zero-order chi connectivity index (χ0) is 12.0. The third kappa shape index (κ3) is 60.1. The Bertz CT molecular complexity index is 72.2. The second-order valence-corrected chi connectivity index (χ2v) is 2.68. The van der Waals surface area contributed by atoms with Crippen LogP contribution in [0.4, 0.5) is 0 Å². The maximum Gasteiger partial charge on any atom is 0.0634 e. The maximum absolute atomic E-state index is 8.24. The molecule has 6 heteroatoms.